The minimum atomic E-state index is 0.000369. The molecular weight excluding hydrogens is 302 g/mol. The van der Waals surface area contributed by atoms with E-state index in [4.69, 9.17) is 4.74 Å². The van der Waals surface area contributed by atoms with E-state index in [1.807, 2.05) is 42.5 Å². The number of carbonyl (C=O) groups excluding carboxylic acids is 1. The Morgan fingerprint density at radius 3 is 2.71 bits per heavy atom. The maximum Gasteiger partial charge on any atom is 0.224 e. The standard InChI is InChI=1S/C19H21N3O2/c1-3-18-21-16-10-7-14(12-17(16)22-18)20-19(23)11-6-13-4-8-15(24-2)9-5-13/h4-5,7-10,12H,3,6,11H2,1-2H3,(H,20,23)(H,21,22). The molecule has 2 N–H and O–H groups in total. The third kappa shape index (κ3) is 3.74. The van der Waals surface area contributed by atoms with Gasteiger partial charge in [0.25, 0.3) is 0 Å². The van der Waals surface area contributed by atoms with Crippen molar-refractivity contribution < 1.29 is 9.53 Å². The van der Waals surface area contributed by atoms with Crippen LogP contribution < -0.4 is 10.1 Å². The summed E-state index contributed by atoms with van der Waals surface area (Å²) in [6.45, 7) is 2.06. The van der Waals surface area contributed by atoms with Crippen molar-refractivity contribution in [3.8, 4) is 5.75 Å². The van der Waals surface area contributed by atoms with Crippen molar-refractivity contribution in [3.63, 3.8) is 0 Å². The number of carbonyl (C=O) groups is 1. The first-order valence-electron chi connectivity index (χ1n) is 8.09. The molecule has 1 amide bonds. The molecule has 0 saturated carbocycles. The van der Waals surface area contributed by atoms with Crippen molar-refractivity contribution in [1.82, 2.24) is 9.97 Å². The number of anilines is 1. The fraction of sp³-hybridized carbons (Fsp3) is 0.263. The largest absolute Gasteiger partial charge is 0.497 e. The number of nitrogens with one attached hydrogen (secondary N) is 2. The van der Waals surface area contributed by atoms with Crippen molar-refractivity contribution in [3.05, 3.63) is 53.9 Å². The highest BCUT2D eigenvalue weighted by atomic mass is 16.5. The van der Waals surface area contributed by atoms with Gasteiger partial charge in [-0.25, -0.2) is 4.98 Å². The zero-order valence-electron chi connectivity index (χ0n) is 13.9. The van der Waals surface area contributed by atoms with Crippen LogP contribution in [0.3, 0.4) is 0 Å². The van der Waals surface area contributed by atoms with E-state index in [9.17, 15) is 4.79 Å². The average Bonchev–Trinajstić information content (AvgIpc) is 3.03. The Labute approximate surface area is 141 Å². The van der Waals surface area contributed by atoms with Crippen LogP contribution in [0.2, 0.25) is 0 Å². The number of hydrogen-bond donors (Lipinski definition) is 2. The number of benzene rings is 2. The van der Waals surface area contributed by atoms with Crippen molar-refractivity contribution in [1.29, 1.82) is 0 Å². The Hall–Kier alpha value is -2.82. The molecule has 3 rings (SSSR count). The van der Waals surface area contributed by atoms with Crippen LogP contribution in [-0.2, 0) is 17.6 Å². The molecule has 5 nitrogen and oxygen atoms in total. The lowest BCUT2D eigenvalue weighted by Gasteiger charge is -2.06. The van der Waals surface area contributed by atoms with Crippen molar-refractivity contribution in [2.75, 3.05) is 12.4 Å². The molecule has 24 heavy (non-hydrogen) atoms. The number of aryl methyl sites for hydroxylation is 2. The average molecular weight is 323 g/mol. The van der Waals surface area contributed by atoms with Gasteiger partial charge in [-0.05, 0) is 42.3 Å². The molecule has 0 aliphatic carbocycles. The molecule has 0 bridgehead atoms. The predicted molar refractivity (Wildman–Crippen MR) is 95.4 cm³/mol. The van der Waals surface area contributed by atoms with Gasteiger partial charge in [0.15, 0.2) is 0 Å². The van der Waals surface area contributed by atoms with Crippen LogP contribution in [0.1, 0.15) is 24.7 Å². The minimum Gasteiger partial charge on any atom is -0.497 e. The van der Waals surface area contributed by atoms with Crippen molar-refractivity contribution in [2.45, 2.75) is 26.2 Å². The number of H-pyrrole nitrogens is 1. The van der Waals surface area contributed by atoms with E-state index in [1.54, 1.807) is 7.11 Å². The maximum atomic E-state index is 12.1. The van der Waals surface area contributed by atoms with Crippen LogP contribution in [0.5, 0.6) is 5.75 Å². The molecule has 124 valence electrons. The second kappa shape index (κ2) is 7.17. The van der Waals surface area contributed by atoms with E-state index < -0.39 is 0 Å². The Morgan fingerprint density at radius 2 is 2.00 bits per heavy atom. The number of imidazole rings is 1. The summed E-state index contributed by atoms with van der Waals surface area (Å²) in [7, 11) is 1.64. The number of rotatable bonds is 6. The molecule has 0 fully saturated rings. The third-order valence-electron chi connectivity index (χ3n) is 3.95. The van der Waals surface area contributed by atoms with Crippen LogP contribution in [0, 0.1) is 0 Å². The van der Waals surface area contributed by atoms with Crippen LogP contribution in [0.4, 0.5) is 5.69 Å². The van der Waals surface area contributed by atoms with Crippen LogP contribution in [-0.4, -0.2) is 23.0 Å². The third-order valence-corrected chi connectivity index (χ3v) is 3.95. The Morgan fingerprint density at radius 1 is 1.21 bits per heavy atom. The molecule has 0 aliphatic rings. The Bertz CT molecular complexity index is 837. The van der Waals surface area contributed by atoms with Gasteiger partial charge in [0.2, 0.25) is 5.91 Å². The number of ether oxygens (including phenoxy) is 1. The molecule has 1 heterocycles. The summed E-state index contributed by atoms with van der Waals surface area (Å²) in [5, 5.41) is 2.94. The first-order chi connectivity index (χ1) is 11.7. The molecule has 0 spiro atoms. The fourth-order valence-corrected chi connectivity index (χ4v) is 2.58. The summed E-state index contributed by atoms with van der Waals surface area (Å²) < 4.78 is 5.13. The highest BCUT2D eigenvalue weighted by Gasteiger charge is 2.06. The molecule has 0 saturated heterocycles. The van der Waals surface area contributed by atoms with E-state index in [1.165, 1.54) is 0 Å². The summed E-state index contributed by atoms with van der Waals surface area (Å²) in [5.74, 6) is 1.77. The summed E-state index contributed by atoms with van der Waals surface area (Å²) in [6.07, 6.45) is 1.99. The SMILES string of the molecule is CCc1nc2ccc(NC(=O)CCc3ccc(OC)cc3)cc2[nH]1. The van der Waals surface area contributed by atoms with Gasteiger partial charge in [0, 0.05) is 18.5 Å². The van der Waals surface area contributed by atoms with Gasteiger partial charge < -0.3 is 15.0 Å². The molecule has 5 heteroatoms. The number of aromatic nitrogens is 2. The zero-order valence-corrected chi connectivity index (χ0v) is 13.9. The smallest absolute Gasteiger partial charge is 0.224 e. The molecule has 3 aromatic rings. The first-order valence-corrected chi connectivity index (χ1v) is 8.09. The predicted octanol–water partition coefficient (Wildman–Crippen LogP) is 3.71. The van der Waals surface area contributed by atoms with Crippen LogP contribution in [0.25, 0.3) is 11.0 Å². The topological polar surface area (TPSA) is 67.0 Å². The van der Waals surface area contributed by atoms with Crippen LogP contribution >= 0.6 is 0 Å². The van der Waals surface area contributed by atoms with Crippen LogP contribution in [0.15, 0.2) is 42.5 Å². The molecule has 1 aromatic heterocycles. The second-order valence-electron chi connectivity index (χ2n) is 5.67. The Kier molecular flexibility index (Phi) is 4.79. The summed E-state index contributed by atoms with van der Waals surface area (Å²) in [4.78, 5) is 19.9. The summed E-state index contributed by atoms with van der Waals surface area (Å²) >= 11 is 0. The lowest BCUT2D eigenvalue weighted by molar-refractivity contribution is -0.116. The molecule has 0 aliphatic heterocycles. The van der Waals surface area contributed by atoms with Gasteiger partial charge >= 0.3 is 0 Å². The maximum absolute atomic E-state index is 12.1. The molecule has 0 radical (unpaired) electrons. The second-order valence-corrected chi connectivity index (χ2v) is 5.67. The molecule has 0 atom stereocenters. The Balaban J connectivity index is 1.59. The van der Waals surface area contributed by atoms with E-state index in [0.717, 1.165) is 40.3 Å². The lowest BCUT2D eigenvalue weighted by atomic mass is 10.1. The van der Waals surface area contributed by atoms with Crippen molar-refractivity contribution in [2.24, 2.45) is 0 Å². The minimum absolute atomic E-state index is 0.000369. The molecular formula is C19H21N3O2. The number of amides is 1. The summed E-state index contributed by atoms with van der Waals surface area (Å²) in [5.41, 5.74) is 3.76. The zero-order chi connectivity index (χ0) is 16.9. The van der Waals surface area contributed by atoms with Gasteiger partial charge in [-0.15, -0.1) is 0 Å². The van der Waals surface area contributed by atoms with Gasteiger partial charge in [-0.2, -0.15) is 0 Å². The molecule has 0 unspecified atom stereocenters. The normalized spacial score (nSPS) is 10.8. The fourth-order valence-electron chi connectivity index (χ4n) is 2.58. The first kappa shape index (κ1) is 16.1. The lowest BCUT2D eigenvalue weighted by Crippen LogP contribution is -2.12. The number of fused-ring (bicyclic) bond motifs is 1. The number of hydrogen-bond acceptors (Lipinski definition) is 3. The van der Waals surface area contributed by atoms with E-state index in [2.05, 4.69) is 22.2 Å². The molecule has 2 aromatic carbocycles. The highest BCUT2D eigenvalue weighted by molar-refractivity contribution is 5.93. The van der Waals surface area contributed by atoms with Gasteiger partial charge in [0.1, 0.15) is 11.6 Å². The number of nitrogens with zero attached hydrogens (tertiary/aromatic N) is 1. The van der Waals surface area contributed by atoms with E-state index in [-0.39, 0.29) is 5.91 Å². The quantitative estimate of drug-likeness (QED) is 0.727. The highest BCUT2D eigenvalue weighted by Crippen LogP contribution is 2.18. The van der Waals surface area contributed by atoms with E-state index in [0.29, 0.717) is 12.8 Å². The van der Waals surface area contributed by atoms with E-state index >= 15 is 0 Å². The van der Waals surface area contributed by atoms with Crippen molar-refractivity contribution >= 4 is 22.6 Å². The monoisotopic (exact) mass is 323 g/mol. The summed E-state index contributed by atoms with van der Waals surface area (Å²) in [6, 6.07) is 13.5. The van der Waals surface area contributed by atoms with Gasteiger partial charge in [-0.3, -0.25) is 4.79 Å². The number of methoxy groups -OCH3 is 1. The van der Waals surface area contributed by atoms with Gasteiger partial charge in [-0.1, -0.05) is 19.1 Å². The van der Waals surface area contributed by atoms with Gasteiger partial charge in [0.05, 0.1) is 18.1 Å². The number of aromatic amines is 1.